The number of aliphatic hydroxyl groups excluding tert-OH is 1. The lowest BCUT2D eigenvalue weighted by atomic mass is 10.2. The van der Waals surface area contributed by atoms with Gasteiger partial charge in [0.2, 0.25) is 0 Å². The molecule has 0 fully saturated rings. The number of aryl methyl sites for hydroxylation is 1. The van der Waals surface area contributed by atoms with Gasteiger partial charge in [-0.05, 0) is 43.5 Å². The molecule has 0 amide bonds. The highest BCUT2D eigenvalue weighted by atomic mass is 19.1. The van der Waals surface area contributed by atoms with E-state index >= 15 is 0 Å². The summed E-state index contributed by atoms with van der Waals surface area (Å²) in [6.45, 7) is 3.01. The molecule has 0 atom stereocenters. The molecule has 0 heterocycles. The van der Waals surface area contributed by atoms with E-state index in [1.54, 1.807) is 0 Å². The van der Waals surface area contributed by atoms with Crippen LogP contribution in [-0.4, -0.2) is 18.3 Å². The van der Waals surface area contributed by atoms with Crippen molar-refractivity contribution >= 4 is 5.69 Å². The van der Waals surface area contributed by atoms with Crippen LogP contribution in [0.25, 0.3) is 0 Å². The normalized spacial score (nSPS) is 10.4. The van der Waals surface area contributed by atoms with E-state index in [1.165, 1.54) is 12.1 Å². The zero-order chi connectivity index (χ0) is 11.8. The van der Waals surface area contributed by atoms with Crippen molar-refractivity contribution in [2.24, 2.45) is 0 Å². The maximum atomic E-state index is 13.0. The van der Waals surface area contributed by atoms with Crippen molar-refractivity contribution in [2.45, 2.75) is 32.6 Å². The Balaban J connectivity index is 2.21. The molecule has 3 heteroatoms. The topological polar surface area (TPSA) is 32.3 Å². The minimum absolute atomic E-state index is 0.192. The summed E-state index contributed by atoms with van der Waals surface area (Å²) in [4.78, 5) is 0. The number of halogens is 1. The van der Waals surface area contributed by atoms with Crippen molar-refractivity contribution in [1.29, 1.82) is 0 Å². The van der Waals surface area contributed by atoms with Gasteiger partial charge in [0.25, 0.3) is 0 Å². The molecule has 0 unspecified atom stereocenters. The third-order valence-corrected chi connectivity index (χ3v) is 2.46. The van der Waals surface area contributed by atoms with Crippen molar-refractivity contribution in [3.8, 4) is 0 Å². The molecule has 0 aliphatic heterocycles. The first-order valence-corrected chi connectivity index (χ1v) is 5.84. The minimum atomic E-state index is -0.192. The van der Waals surface area contributed by atoms with Gasteiger partial charge in [0.15, 0.2) is 0 Å². The third kappa shape index (κ3) is 5.12. The maximum Gasteiger partial charge on any atom is 0.125 e. The lowest BCUT2D eigenvalue weighted by Gasteiger charge is -2.07. The molecule has 0 bridgehead atoms. The largest absolute Gasteiger partial charge is 0.396 e. The Morgan fingerprint density at radius 2 is 1.88 bits per heavy atom. The quantitative estimate of drug-likeness (QED) is 0.699. The number of hydrogen-bond donors (Lipinski definition) is 2. The first kappa shape index (κ1) is 13.0. The van der Waals surface area contributed by atoms with Crippen LogP contribution < -0.4 is 5.32 Å². The molecular formula is C13H20FNO. The number of unbranched alkanes of at least 4 members (excludes halogenated alkanes) is 3. The molecule has 0 spiro atoms. The standard InChI is InChI=1S/C13H20FNO/c1-11-8-12(14)10-13(9-11)15-6-4-2-3-5-7-16/h8-10,15-16H,2-7H2,1H3. The van der Waals surface area contributed by atoms with Gasteiger partial charge >= 0.3 is 0 Å². The molecule has 0 aliphatic rings. The molecule has 0 aliphatic carbocycles. The van der Waals surface area contributed by atoms with E-state index in [4.69, 9.17) is 5.11 Å². The number of aliphatic hydroxyl groups is 1. The van der Waals surface area contributed by atoms with Crippen LogP contribution in [0.3, 0.4) is 0 Å². The maximum absolute atomic E-state index is 13.0. The monoisotopic (exact) mass is 225 g/mol. The highest BCUT2D eigenvalue weighted by Crippen LogP contribution is 2.13. The number of rotatable bonds is 7. The van der Waals surface area contributed by atoms with E-state index in [9.17, 15) is 4.39 Å². The third-order valence-electron chi connectivity index (χ3n) is 2.46. The van der Waals surface area contributed by atoms with Crippen molar-refractivity contribution in [3.63, 3.8) is 0 Å². The van der Waals surface area contributed by atoms with E-state index in [-0.39, 0.29) is 12.4 Å². The summed E-state index contributed by atoms with van der Waals surface area (Å²) in [7, 11) is 0. The first-order valence-electron chi connectivity index (χ1n) is 5.84. The van der Waals surface area contributed by atoms with Crippen LogP contribution in [0.5, 0.6) is 0 Å². The molecule has 1 aromatic carbocycles. The Morgan fingerprint density at radius 3 is 2.56 bits per heavy atom. The summed E-state index contributed by atoms with van der Waals surface area (Å²) >= 11 is 0. The Kier molecular flexibility index (Phi) is 5.86. The Bertz CT molecular complexity index is 295. The van der Waals surface area contributed by atoms with Crippen LogP contribution in [0.2, 0.25) is 0 Å². The molecule has 1 aromatic rings. The fourth-order valence-corrected chi connectivity index (χ4v) is 1.66. The van der Waals surface area contributed by atoms with E-state index < -0.39 is 0 Å². The molecule has 2 N–H and O–H groups in total. The van der Waals surface area contributed by atoms with E-state index in [1.807, 2.05) is 13.0 Å². The second-order valence-electron chi connectivity index (χ2n) is 4.08. The van der Waals surface area contributed by atoms with E-state index in [0.29, 0.717) is 0 Å². The summed E-state index contributed by atoms with van der Waals surface area (Å²) in [5.41, 5.74) is 1.78. The highest BCUT2D eigenvalue weighted by molar-refractivity contribution is 5.45. The number of nitrogens with one attached hydrogen (secondary N) is 1. The minimum Gasteiger partial charge on any atom is -0.396 e. The number of hydrogen-bond acceptors (Lipinski definition) is 2. The molecular weight excluding hydrogens is 205 g/mol. The zero-order valence-electron chi connectivity index (χ0n) is 9.80. The predicted octanol–water partition coefficient (Wildman–Crippen LogP) is 3.10. The van der Waals surface area contributed by atoms with Crippen molar-refractivity contribution in [2.75, 3.05) is 18.5 Å². The van der Waals surface area contributed by atoms with Gasteiger partial charge in [-0.2, -0.15) is 0 Å². The molecule has 0 aromatic heterocycles. The Hall–Kier alpha value is -1.09. The van der Waals surface area contributed by atoms with Crippen molar-refractivity contribution in [1.82, 2.24) is 0 Å². The molecule has 0 saturated heterocycles. The van der Waals surface area contributed by atoms with Gasteiger partial charge in [0, 0.05) is 18.8 Å². The van der Waals surface area contributed by atoms with Gasteiger partial charge in [0.05, 0.1) is 0 Å². The van der Waals surface area contributed by atoms with Crippen LogP contribution in [-0.2, 0) is 0 Å². The molecule has 1 rings (SSSR count). The second-order valence-corrected chi connectivity index (χ2v) is 4.08. The Labute approximate surface area is 96.5 Å². The van der Waals surface area contributed by atoms with Gasteiger partial charge in [-0.3, -0.25) is 0 Å². The van der Waals surface area contributed by atoms with E-state index in [0.717, 1.165) is 43.5 Å². The molecule has 0 radical (unpaired) electrons. The predicted molar refractivity (Wildman–Crippen MR) is 65.2 cm³/mol. The van der Waals surface area contributed by atoms with Crippen LogP contribution in [0, 0.1) is 12.7 Å². The highest BCUT2D eigenvalue weighted by Gasteiger charge is 1.97. The van der Waals surface area contributed by atoms with Crippen LogP contribution in [0.4, 0.5) is 10.1 Å². The molecule has 2 nitrogen and oxygen atoms in total. The summed E-state index contributed by atoms with van der Waals surface area (Å²) in [5.74, 6) is -0.192. The van der Waals surface area contributed by atoms with Crippen LogP contribution in [0.15, 0.2) is 18.2 Å². The molecule has 90 valence electrons. The Morgan fingerprint density at radius 1 is 1.12 bits per heavy atom. The number of benzene rings is 1. The van der Waals surface area contributed by atoms with Gasteiger partial charge in [0.1, 0.15) is 5.82 Å². The summed E-state index contributed by atoms with van der Waals surface area (Å²) in [6, 6.07) is 4.98. The van der Waals surface area contributed by atoms with Crippen molar-refractivity contribution in [3.05, 3.63) is 29.6 Å². The molecule has 0 saturated carbocycles. The van der Waals surface area contributed by atoms with Gasteiger partial charge in [-0.1, -0.05) is 12.8 Å². The van der Waals surface area contributed by atoms with Crippen molar-refractivity contribution < 1.29 is 9.50 Å². The molecule has 16 heavy (non-hydrogen) atoms. The second kappa shape index (κ2) is 7.23. The van der Waals surface area contributed by atoms with Gasteiger partial charge in [-0.15, -0.1) is 0 Å². The van der Waals surface area contributed by atoms with Crippen LogP contribution in [0.1, 0.15) is 31.2 Å². The zero-order valence-corrected chi connectivity index (χ0v) is 9.80. The smallest absolute Gasteiger partial charge is 0.125 e. The average molecular weight is 225 g/mol. The van der Waals surface area contributed by atoms with Gasteiger partial charge in [-0.25, -0.2) is 4.39 Å². The fraction of sp³-hybridized carbons (Fsp3) is 0.538. The lowest BCUT2D eigenvalue weighted by molar-refractivity contribution is 0.283. The SMILES string of the molecule is Cc1cc(F)cc(NCCCCCCO)c1. The van der Waals surface area contributed by atoms with E-state index in [2.05, 4.69) is 5.32 Å². The first-order chi connectivity index (χ1) is 7.72. The lowest BCUT2D eigenvalue weighted by Crippen LogP contribution is -2.02. The summed E-state index contributed by atoms with van der Waals surface area (Å²) in [5, 5.41) is 11.8. The van der Waals surface area contributed by atoms with Crippen LogP contribution >= 0.6 is 0 Å². The fourth-order valence-electron chi connectivity index (χ4n) is 1.66. The van der Waals surface area contributed by atoms with Gasteiger partial charge < -0.3 is 10.4 Å². The number of anilines is 1. The average Bonchev–Trinajstić information content (AvgIpc) is 2.22. The summed E-state index contributed by atoms with van der Waals surface area (Å²) < 4.78 is 13.0. The summed E-state index contributed by atoms with van der Waals surface area (Å²) in [6.07, 6.45) is 4.08.